The Labute approximate surface area is 118 Å². The first-order chi connectivity index (χ1) is 9.38. The molecule has 20 heavy (non-hydrogen) atoms. The lowest BCUT2D eigenvalue weighted by atomic mass is 10.2. The fourth-order valence-electron chi connectivity index (χ4n) is 1.79. The molecule has 0 aliphatic carbocycles. The Bertz CT molecular complexity index is 580. The molecule has 0 spiro atoms. The maximum absolute atomic E-state index is 12.6. The molecule has 0 saturated carbocycles. The molecule has 0 fully saturated rings. The Kier molecular flexibility index (Phi) is 4.37. The summed E-state index contributed by atoms with van der Waals surface area (Å²) in [6.45, 7) is 2.49. The van der Waals surface area contributed by atoms with Crippen molar-refractivity contribution in [2.45, 2.75) is 31.3 Å². The van der Waals surface area contributed by atoms with Gasteiger partial charge < -0.3 is 5.32 Å². The molecule has 1 atom stereocenters. The van der Waals surface area contributed by atoms with Crippen molar-refractivity contribution >= 4 is 22.9 Å². The van der Waals surface area contributed by atoms with Crippen molar-refractivity contribution < 1.29 is 13.2 Å². The van der Waals surface area contributed by atoms with E-state index in [0.717, 1.165) is 18.9 Å². The number of nitrogens with one attached hydrogen (secondary N) is 1. The number of nitrogens with zero attached hydrogens (tertiary/aromatic N) is 3. The first-order valence-corrected chi connectivity index (χ1v) is 6.61. The van der Waals surface area contributed by atoms with Crippen LogP contribution in [0.2, 0.25) is 0 Å². The first kappa shape index (κ1) is 14.9. The number of alkyl halides is 4. The minimum atomic E-state index is -4.46. The minimum Gasteiger partial charge on any atom is -0.368 e. The van der Waals surface area contributed by atoms with E-state index in [9.17, 15) is 13.2 Å². The van der Waals surface area contributed by atoms with Gasteiger partial charge >= 0.3 is 6.18 Å². The van der Waals surface area contributed by atoms with Gasteiger partial charge in [-0.2, -0.15) is 18.3 Å². The van der Waals surface area contributed by atoms with Gasteiger partial charge in [0.15, 0.2) is 11.5 Å². The number of hydrogen-bond acceptors (Lipinski definition) is 3. The van der Waals surface area contributed by atoms with Crippen molar-refractivity contribution in [2.24, 2.45) is 0 Å². The molecule has 110 valence electrons. The first-order valence-electron chi connectivity index (χ1n) is 6.17. The Morgan fingerprint density at radius 3 is 2.85 bits per heavy atom. The summed E-state index contributed by atoms with van der Waals surface area (Å²) in [5.41, 5.74) is -0.623. The van der Waals surface area contributed by atoms with Crippen LogP contribution in [0.25, 0.3) is 5.52 Å². The normalized spacial score (nSPS) is 13.7. The van der Waals surface area contributed by atoms with E-state index < -0.39 is 11.9 Å². The predicted octanol–water partition coefficient (Wildman–Crippen LogP) is 3.57. The van der Waals surface area contributed by atoms with Gasteiger partial charge in [-0.1, -0.05) is 0 Å². The van der Waals surface area contributed by atoms with Gasteiger partial charge in [0.05, 0.1) is 0 Å². The smallest absolute Gasteiger partial charge is 0.368 e. The average Bonchev–Trinajstić information content (AvgIpc) is 2.78. The molecule has 0 saturated heterocycles. The van der Waals surface area contributed by atoms with Crippen LogP contribution in [0.5, 0.6) is 0 Å². The lowest BCUT2D eigenvalue weighted by molar-refractivity contribution is -0.141. The van der Waals surface area contributed by atoms with Crippen molar-refractivity contribution in [3.63, 3.8) is 0 Å². The number of halogens is 4. The highest BCUT2D eigenvalue weighted by Crippen LogP contribution is 2.29. The van der Waals surface area contributed by atoms with E-state index in [4.69, 9.17) is 11.6 Å². The van der Waals surface area contributed by atoms with E-state index in [-0.39, 0.29) is 5.38 Å². The lowest BCUT2D eigenvalue weighted by Gasteiger charge is -2.07. The molecule has 2 aromatic rings. The van der Waals surface area contributed by atoms with Gasteiger partial charge in [0.25, 0.3) is 0 Å². The van der Waals surface area contributed by atoms with Crippen LogP contribution in [0.1, 0.15) is 25.5 Å². The molecule has 2 rings (SSSR count). The van der Waals surface area contributed by atoms with Crippen LogP contribution in [0, 0.1) is 0 Å². The highest BCUT2D eigenvalue weighted by Gasteiger charge is 2.34. The molecular weight excluding hydrogens is 293 g/mol. The molecule has 2 aromatic heterocycles. The van der Waals surface area contributed by atoms with Gasteiger partial charge in [-0.05, 0) is 19.8 Å². The van der Waals surface area contributed by atoms with E-state index in [2.05, 4.69) is 15.4 Å². The Hall–Kier alpha value is -1.50. The summed E-state index contributed by atoms with van der Waals surface area (Å²) < 4.78 is 39.0. The molecule has 0 radical (unpaired) electrons. The van der Waals surface area contributed by atoms with Crippen molar-refractivity contribution in [2.75, 3.05) is 11.9 Å². The van der Waals surface area contributed by atoms with Crippen molar-refractivity contribution in [3.05, 3.63) is 24.2 Å². The third kappa shape index (κ3) is 3.53. The summed E-state index contributed by atoms with van der Waals surface area (Å²) in [6, 6.07) is 0.986. The maximum Gasteiger partial charge on any atom is 0.435 e. The molecular formula is C12H14ClF3N4. The summed E-state index contributed by atoms with van der Waals surface area (Å²) in [5.74, 6) is 0.387. The zero-order valence-corrected chi connectivity index (χ0v) is 11.5. The summed E-state index contributed by atoms with van der Waals surface area (Å²) in [5, 5.41) is 6.58. The van der Waals surface area contributed by atoms with Gasteiger partial charge in [0.2, 0.25) is 0 Å². The van der Waals surface area contributed by atoms with E-state index in [1.807, 2.05) is 6.92 Å². The Balaban J connectivity index is 2.15. The Morgan fingerprint density at radius 1 is 1.45 bits per heavy atom. The van der Waals surface area contributed by atoms with Gasteiger partial charge in [-0.25, -0.2) is 9.50 Å². The van der Waals surface area contributed by atoms with Gasteiger partial charge in [-0.3, -0.25) is 0 Å². The Morgan fingerprint density at radius 2 is 2.20 bits per heavy atom. The highest BCUT2D eigenvalue weighted by molar-refractivity contribution is 6.20. The van der Waals surface area contributed by atoms with E-state index in [1.165, 1.54) is 16.9 Å². The second-order valence-corrected chi connectivity index (χ2v) is 5.23. The van der Waals surface area contributed by atoms with Crippen LogP contribution in [0.3, 0.4) is 0 Å². The van der Waals surface area contributed by atoms with Crippen LogP contribution < -0.4 is 5.32 Å². The SMILES string of the molecule is CC(Cl)CCCNc1nccn2nc(C(F)(F)F)cc12. The highest BCUT2D eigenvalue weighted by atomic mass is 35.5. The molecule has 0 bridgehead atoms. The van der Waals surface area contributed by atoms with E-state index in [1.54, 1.807) is 0 Å². The zero-order valence-electron chi connectivity index (χ0n) is 10.8. The molecule has 4 nitrogen and oxygen atoms in total. The number of fused-ring (bicyclic) bond motifs is 1. The van der Waals surface area contributed by atoms with Crippen LogP contribution >= 0.6 is 11.6 Å². The second kappa shape index (κ2) is 5.87. The molecule has 0 amide bonds. The number of rotatable bonds is 5. The van der Waals surface area contributed by atoms with E-state index >= 15 is 0 Å². The van der Waals surface area contributed by atoms with Crippen LogP contribution in [-0.4, -0.2) is 26.5 Å². The minimum absolute atomic E-state index is 0.0763. The fraction of sp³-hybridized carbons (Fsp3) is 0.500. The third-order valence-electron chi connectivity index (χ3n) is 2.75. The molecule has 1 unspecified atom stereocenters. The lowest BCUT2D eigenvalue weighted by Crippen LogP contribution is -2.06. The second-order valence-electron chi connectivity index (χ2n) is 4.48. The number of aromatic nitrogens is 3. The van der Waals surface area contributed by atoms with Crippen LogP contribution in [0.4, 0.5) is 19.0 Å². The monoisotopic (exact) mass is 306 g/mol. The molecule has 0 aliphatic heterocycles. The van der Waals surface area contributed by atoms with Crippen molar-refractivity contribution in [1.29, 1.82) is 0 Å². The molecule has 0 aliphatic rings. The topological polar surface area (TPSA) is 42.2 Å². The van der Waals surface area contributed by atoms with Gasteiger partial charge in [-0.15, -0.1) is 11.6 Å². The predicted molar refractivity (Wildman–Crippen MR) is 71.0 cm³/mol. The van der Waals surface area contributed by atoms with Crippen LogP contribution in [-0.2, 0) is 6.18 Å². The van der Waals surface area contributed by atoms with Crippen molar-refractivity contribution in [1.82, 2.24) is 14.6 Å². The molecule has 1 N–H and O–H groups in total. The van der Waals surface area contributed by atoms with Crippen molar-refractivity contribution in [3.8, 4) is 0 Å². The number of anilines is 1. The summed E-state index contributed by atoms with van der Waals surface area (Å²) in [4.78, 5) is 4.05. The quantitative estimate of drug-likeness (QED) is 0.678. The summed E-state index contributed by atoms with van der Waals surface area (Å²) in [7, 11) is 0. The molecule has 0 aromatic carbocycles. The van der Waals surface area contributed by atoms with Gasteiger partial charge in [0.1, 0.15) is 5.52 Å². The molecule has 2 heterocycles. The molecule has 8 heteroatoms. The summed E-state index contributed by atoms with van der Waals surface area (Å²) in [6.07, 6.45) is -0.0288. The average molecular weight is 307 g/mol. The maximum atomic E-state index is 12.6. The third-order valence-corrected chi connectivity index (χ3v) is 2.97. The standard InChI is InChI=1S/C12H14ClF3N4/c1-8(13)3-2-4-17-11-9-7-10(12(14,15)16)19-20(9)6-5-18-11/h5-8H,2-4H2,1H3,(H,17,18). The van der Waals surface area contributed by atoms with E-state index in [0.29, 0.717) is 17.9 Å². The number of hydrogen-bond donors (Lipinski definition) is 1. The fourth-order valence-corrected chi connectivity index (χ4v) is 1.94. The van der Waals surface area contributed by atoms with Gasteiger partial charge in [0, 0.05) is 30.4 Å². The largest absolute Gasteiger partial charge is 0.435 e. The zero-order chi connectivity index (χ0) is 14.8. The van der Waals surface area contributed by atoms with Crippen LogP contribution in [0.15, 0.2) is 18.5 Å². The summed E-state index contributed by atoms with van der Waals surface area (Å²) >= 11 is 5.83.